The van der Waals surface area contributed by atoms with Gasteiger partial charge in [0.15, 0.2) is 13.1 Å². The van der Waals surface area contributed by atoms with E-state index in [1.165, 1.54) is 0 Å². The molecule has 0 saturated heterocycles. The third-order valence-electron chi connectivity index (χ3n) is 3.89. The predicted molar refractivity (Wildman–Crippen MR) is 112 cm³/mol. The maximum atomic E-state index is 12.2. The van der Waals surface area contributed by atoms with Crippen molar-refractivity contribution in [2.45, 2.75) is 13.3 Å². The highest BCUT2D eigenvalue weighted by Crippen LogP contribution is 2.13. The number of nitrogens with one attached hydrogen (secondary N) is 3. The van der Waals surface area contributed by atoms with Gasteiger partial charge in [-0.05, 0) is 55.0 Å². The number of esters is 1. The second-order valence-electron chi connectivity index (χ2n) is 6.63. The normalized spacial score (nSPS) is 11.4. The fourth-order valence-corrected chi connectivity index (χ4v) is 2.65. The van der Waals surface area contributed by atoms with Crippen molar-refractivity contribution in [2.24, 2.45) is 0 Å². The molecule has 0 radical (unpaired) electrons. The predicted octanol–water partition coefficient (Wildman–Crippen LogP) is 2.00. The first-order valence-electron chi connectivity index (χ1n) is 9.31. The molecule has 1 atom stereocenters. The molecule has 1 unspecified atom stereocenters. The summed E-state index contributed by atoms with van der Waals surface area (Å²) in [6.07, 6.45) is 0.757. The molecule has 3 N–H and O–H groups in total. The quantitative estimate of drug-likeness (QED) is 0.543. The van der Waals surface area contributed by atoms with Gasteiger partial charge in [-0.2, -0.15) is 0 Å². The van der Waals surface area contributed by atoms with Gasteiger partial charge < -0.3 is 20.3 Å². The molecular formula is C21H25ClN3O4+. The summed E-state index contributed by atoms with van der Waals surface area (Å²) in [7, 11) is 1.76. The minimum absolute atomic E-state index is 0.119. The van der Waals surface area contributed by atoms with E-state index in [2.05, 4.69) is 10.6 Å². The zero-order valence-corrected chi connectivity index (χ0v) is 17.2. The first kappa shape index (κ1) is 22.4. The Bertz CT molecular complexity index is 838. The van der Waals surface area contributed by atoms with E-state index >= 15 is 0 Å². The van der Waals surface area contributed by atoms with Gasteiger partial charge >= 0.3 is 5.97 Å². The lowest BCUT2D eigenvalue weighted by molar-refractivity contribution is -0.862. The monoisotopic (exact) mass is 418 g/mol. The lowest BCUT2D eigenvalue weighted by Gasteiger charge is -2.14. The molecule has 8 heteroatoms. The van der Waals surface area contributed by atoms with Crippen LogP contribution in [0.2, 0.25) is 5.02 Å². The second kappa shape index (κ2) is 11.2. The average Bonchev–Trinajstić information content (AvgIpc) is 2.68. The zero-order valence-electron chi connectivity index (χ0n) is 16.5. The molecule has 0 aliphatic rings. The van der Waals surface area contributed by atoms with E-state index in [4.69, 9.17) is 16.3 Å². The Balaban J connectivity index is 1.78. The number of hydrogen-bond donors (Lipinski definition) is 3. The number of rotatable bonds is 9. The lowest BCUT2D eigenvalue weighted by atomic mass is 10.2. The van der Waals surface area contributed by atoms with E-state index in [0.717, 1.165) is 11.3 Å². The molecule has 154 valence electrons. The first-order valence-corrected chi connectivity index (χ1v) is 9.69. The van der Waals surface area contributed by atoms with E-state index in [9.17, 15) is 14.4 Å². The van der Waals surface area contributed by atoms with E-state index in [0.29, 0.717) is 28.6 Å². The number of amides is 2. The van der Waals surface area contributed by atoms with Gasteiger partial charge in [-0.25, -0.2) is 4.79 Å². The van der Waals surface area contributed by atoms with E-state index in [-0.39, 0.29) is 30.9 Å². The summed E-state index contributed by atoms with van der Waals surface area (Å²) in [6, 6.07) is 13.3. The fraction of sp³-hybridized carbons (Fsp3) is 0.286. The lowest BCUT2D eigenvalue weighted by Crippen LogP contribution is -3.11. The van der Waals surface area contributed by atoms with Gasteiger partial charge in [-0.3, -0.25) is 9.59 Å². The molecule has 29 heavy (non-hydrogen) atoms. The summed E-state index contributed by atoms with van der Waals surface area (Å²) < 4.78 is 5.06. The number of hydrogen-bond acceptors (Lipinski definition) is 4. The van der Waals surface area contributed by atoms with Crippen molar-refractivity contribution in [1.29, 1.82) is 0 Å². The summed E-state index contributed by atoms with van der Waals surface area (Å²) in [5.74, 6) is -0.823. The number of carbonyl (C=O) groups excluding carboxylic acids is 3. The van der Waals surface area contributed by atoms with Crippen molar-refractivity contribution in [3.05, 3.63) is 59.1 Å². The van der Waals surface area contributed by atoms with Crippen molar-refractivity contribution in [3.8, 4) is 0 Å². The highest BCUT2D eigenvalue weighted by atomic mass is 35.5. The van der Waals surface area contributed by atoms with Gasteiger partial charge in [0.2, 0.25) is 0 Å². The summed E-state index contributed by atoms with van der Waals surface area (Å²) in [5.41, 5.74) is 1.65. The van der Waals surface area contributed by atoms with Gasteiger partial charge in [0, 0.05) is 16.4 Å². The van der Waals surface area contributed by atoms with Crippen LogP contribution in [-0.2, 0) is 14.3 Å². The number of anilines is 2. The Morgan fingerprint density at radius 1 is 0.897 bits per heavy atom. The molecule has 0 spiro atoms. The topological polar surface area (TPSA) is 88.9 Å². The number of halogens is 1. The van der Waals surface area contributed by atoms with Crippen molar-refractivity contribution in [2.75, 3.05) is 37.4 Å². The Kier molecular flexibility index (Phi) is 8.64. The summed E-state index contributed by atoms with van der Waals surface area (Å²) >= 11 is 5.82. The molecule has 2 aromatic rings. The van der Waals surface area contributed by atoms with Gasteiger partial charge in [-0.15, -0.1) is 0 Å². The highest BCUT2D eigenvalue weighted by molar-refractivity contribution is 6.30. The minimum Gasteiger partial charge on any atom is -0.462 e. The van der Waals surface area contributed by atoms with Crippen LogP contribution >= 0.6 is 11.6 Å². The maximum absolute atomic E-state index is 12.2. The standard InChI is InChI=1S/C21H24ClN3O4/c1-3-12-29-21(28)15-4-8-17(9-5-15)23-19(26)13-25(2)14-20(27)24-18-10-6-16(22)7-11-18/h4-11H,3,12-14H2,1-2H3,(H,23,26)(H,24,27)/p+1. The van der Waals surface area contributed by atoms with Crippen molar-refractivity contribution in [3.63, 3.8) is 0 Å². The summed E-state index contributed by atoms with van der Waals surface area (Å²) in [5, 5.41) is 6.10. The number of quaternary nitrogens is 1. The van der Waals surface area contributed by atoms with Gasteiger partial charge in [0.25, 0.3) is 11.8 Å². The van der Waals surface area contributed by atoms with Gasteiger partial charge in [-0.1, -0.05) is 18.5 Å². The molecule has 0 saturated carbocycles. The van der Waals surface area contributed by atoms with Crippen LogP contribution in [0.15, 0.2) is 48.5 Å². The number of benzene rings is 2. The van der Waals surface area contributed by atoms with Crippen LogP contribution in [0.3, 0.4) is 0 Å². The molecule has 0 heterocycles. The number of ether oxygens (including phenoxy) is 1. The van der Waals surface area contributed by atoms with Crippen molar-refractivity contribution < 1.29 is 24.0 Å². The highest BCUT2D eigenvalue weighted by Gasteiger charge is 2.15. The van der Waals surface area contributed by atoms with Gasteiger partial charge in [0.05, 0.1) is 19.2 Å². The zero-order chi connectivity index (χ0) is 21.2. The van der Waals surface area contributed by atoms with Crippen molar-refractivity contribution >= 4 is 40.8 Å². The fourth-order valence-electron chi connectivity index (χ4n) is 2.52. The average molecular weight is 419 g/mol. The molecule has 0 aliphatic carbocycles. The number of likely N-dealkylation sites (N-methyl/N-ethyl adjacent to an activating group) is 1. The molecule has 0 aliphatic heterocycles. The molecule has 2 aromatic carbocycles. The Morgan fingerprint density at radius 2 is 1.38 bits per heavy atom. The van der Waals surface area contributed by atoms with Gasteiger partial charge in [0.1, 0.15) is 0 Å². The first-order chi connectivity index (χ1) is 13.9. The Labute approximate surface area is 175 Å². The van der Waals surface area contributed by atoms with Crippen LogP contribution in [0.5, 0.6) is 0 Å². The van der Waals surface area contributed by atoms with Crippen LogP contribution in [0.25, 0.3) is 0 Å². The van der Waals surface area contributed by atoms with Crippen LogP contribution in [-0.4, -0.2) is 44.5 Å². The third-order valence-corrected chi connectivity index (χ3v) is 4.15. The number of carbonyl (C=O) groups is 3. The van der Waals surface area contributed by atoms with Crippen molar-refractivity contribution in [1.82, 2.24) is 0 Å². The Hall–Kier alpha value is -2.90. The largest absolute Gasteiger partial charge is 0.462 e. The van der Waals surface area contributed by atoms with E-state index in [1.807, 2.05) is 6.92 Å². The summed E-state index contributed by atoms with van der Waals surface area (Å²) in [4.78, 5) is 36.8. The molecule has 0 aromatic heterocycles. The molecular weight excluding hydrogens is 394 g/mol. The second-order valence-corrected chi connectivity index (χ2v) is 7.06. The SMILES string of the molecule is CCCOC(=O)c1ccc(NC(=O)C[NH+](C)CC(=O)Nc2ccc(Cl)cc2)cc1. The summed E-state index contributed by atoms with van der Waals surface area (Å²) in [6.45, 7) is 2.55. The van der Waals surface area contributed by atoms with E-state index < -0.39 is 0 Å². The van der Waals surface area contributed by atoms with Crippen LogP contribution in [0.1, 0.15) is 23.7 Å². The Morgan fingerprint density at radius 3 is 1.86 bits per heavy atom. The third kappa shape index (κ3) is 7.93. The molecule has 2 amide bonds. The molecule has 2 rings (SSSR count). The van der Waals surface area contributed by atoms with Crippen LogP contribution in [0.4, 0.5) is 11.4 Å². The smallest absolute Gasteiger partial charge is 0.338 e. The molecule has 0 fully saturated rings. The molecule has 0 bridgehead atoms. The molecule has 7 nitrogen and oxygen atoms in total. The van der Waals surface area contributed by atoms with E-state index in [1.54, 1.807) is 55.6 Å². The van der Waals surface area contributed by atoms with Crippen LogP contribution < -0.4 is 15.5 Å². The minimum atomic E-state index is -0.388. The maximum Gasteiger partial charge on any atom is 0.338 e. The van der Waals surface area contributed by atoms with Crippen LogP contribution in [0, 0.1) is 0 Å².